The summed E-state index contributed by atoms with van der Waals surface area (Å²) >= 11 is 18.5. The van der Waals surface area contributed by atoms with Crippen LogP contribution in [0.2, 0.25) is 15.2 Å². The topological polar surface area (TPSA) is 90.4 Å². The van der Waals surface area contributed by atoms with Crippen molar-refractivity contribution in [2.45, 2.75) is 32.6 Å². The Morgan fingerprint density at radius 3 is 2.32 bits per heavy atom. The average molecular weight is 445 g/mol. The predicted octanol–water partition coefficient (Wildman–Crippen LogP) is 5.84. The lowest BCUT2D eigenvalue weighted by Gasteiger charge is -2.13. The van der Waals surface area contributed by atoms with Crippen LogP contribution in [-0.4, -0.2) is 22.3 Å². The van der Waals surface area contributed by atoms with Crippen LogP contribution in [0.3, 0.4) is 0 Å². The normalized spacial score (nSPS) is 13.4. The summed E-state index contributed by atoms with van der Waals surface area (Å²) in [4.78, 5) is 23.3. The van der Waals surface area contributed by atoms with Crippen LogP contribution in [0, 0.1) is 5.92 Å². The Kier molecular flexibility index (Phi) is 6.27. The molecule has 1 amide bonds. The minimum Gasteiger partial charge on any atom is -0.434 e. The van der Waals surface area contributed by atoms with E-state index in [0.29, 0.717) is 5.15 Å². The number of carbonyl (C=O) groups is 2. The second-order valence-corrected chi connectivity index (χ2v) is 7.73. The van der Waals surface area contributed by atoms with Crippen LogP contribution in [0.5, 0.6) is 11.6 Å². The van der Waals surface area contributed by atoms with Crippen molar-refractivity contribution < 1.29 is 19.1 Å². The lowest BCUT2D eigenvalue weighted by atomic mass is 10.1. The molecule has 1 aromatic heterocycles. The maximum atomic E-state index is 11.8. The highest BCUT2D eigenvalue weighted by Gasteiger charge is 2.32. The van der Waals surface area contributed by atoms with E-state index in [-0.39, 0.29) is 39.2 Å². The second kappa shape index (κ2) is 8.51. The van der Waals surface area contributed by atoms with Crippen molar-refractivity contribution in [3.8, 4) is 11.6 Å². The average Bonchev–Trinajstić information content (AvgIpc) is 3.44. The van der Waals surface area contributed by atoms with E-state index in [1.54, 1.807) is 6.07 Å². The Balaban J connectivity index is 1.74. The molecule has 0 radical (unpaired) electrons. The molecule has 0 spiro atoms. The van der Waals surface area contributed by atoms with E-state index in [1.165, 1.54) is 12.1 Å². The number of nitrogens with one attached hydrogen (secondary N) is 1. The Labute approximate surface area is 176 Å². The van der Waals surface area contributed by atoms with Gasteiger partial charge in [0, 0.05) is 11.8 Å². The molecule has 3 rings (SSSR count). The van der Waals surface area contributed by atoms with E-state index >= 15 is 0 Å². The molecule has 1 fully saturated rings. The molecule has 1 heterocycles. The van der Waals surface area contributed by atoms with Crippen LogP contribution >= 0.6 is 34.8 Å². The molecule has 1 saturated carbocycles. The molecule has 1 N–H and O–H groups in total. The number of hydrogen-bond donors (Lipinski definition) is 1. The summed E-state index contributed by atoms with van der Waals surface area (Å²) in [7, 11) is 0. The molecular weight excluding hydrogens is 429 g/mol. The van der Waals surface area contributed by atoms with Gasteiger partial charge in [0.15, 0.2) is 10.9 Å². The van der Waals surface area contributed by atoms with Crippen LogP contribution in [0.25, 0.3) is 0 Å². The number of benzene rings is 1. The number of rotatable bonds is 5. The van der Waals surface area contributed by atoms with Gasteiger partial charge in [-0.05, 0) is 36.5 Å². The van der Waals surface area contributed by atoms with Gasteiger partial charge in [-0.15, -0.1) is 10.2 Å². The van der Waals surface area contributed by atoms with Crippen molar-refractivity contribution >= 4 is 52.6 Å². The first-order chi connectivity index (χ1) is 13.2. The van der Waals surface area contributed by atoms with E-state index in [4.69, 9.17) is 44.3 Å². The molecule has 28 heavy (non-hydrogen) atoms. The minimum absolute atomic E-state index is 0.118. The third kappa shape index (κ3) is 5.04. The summed E-state index contributed by atoms with van der Waals surface area (Å²) in [6.07, 6.45) is 0.576. The number of amides is 1. The Bertz CT molecular complexity index is 909. The number of ether oxygens (including phenoxy) is 2. The zero-order valence-corrected chi connectivity index (χ0v) is 17.2. The minimum atomic E-state index is -0.900. The first-order valence-corrected chi connectivity index (χ1v) is 9.60. The lowest BCUT2D eigenvalue weighted by Crippen LogP contribution is -2.19. The van der Waals surface area contributed by atoms with Gasteiger partial charge in [0.25, 0.3) is 0 Å². The summed E-state index contributed by atoms with van der Waals surface area (Å²) in [5.41, 5.74) is 1.02. The summed E-state index contributed by atoms with van der Waals surface area (Å²) < 4.78 is 10.3. The van der Waals surface area contributed by atoms with E-state index in [0.717, 1.165) is 18.4 Å². The quantitative estimate of drug-likeness (QED) is 0.460. The smallest absolute Gasteiger partial charge is 0.419 e. The zero-order valence-electron chi connectivity index (χ0n) is 15.0. The van der Waals surface area contributed by atoms with E-state index in [2.05, 4.69) is 15.5 Å². The van der Waals surface area contributed by atoms with Crippen LogP contribution in [0.4, 0.5) is 10.5 Å². The number of esters is 1. The molecule has 7 nitrogen and oxygen atoms in total. The summed E-state index contributed by atoms with van der Waals surface area (Å²) in [5.74, 6) is -0.302. The maximum Gasteiger partial charge on any atom is 0.419 e. The zero-order chi connectivity index (χ0) is 20.4. The van der Waals surface area contributed by atoms with Crippen LogP contribution in [0.1, 0.15) is 38.2 Å². The fraction of sp³-hybridized carbons (Fsp3) is 0.333. The van der Waals surface area contributed by atoms with Crippen molar-refractivity contribution in [1.29, 1.82) is 0 Å². The molecular formula is C18H16Cl3N3O4. The predicted molar refractivity (Wildman–Crippen MR) is 106 cm³/mol. The molecule has 1 aliphatic carbocycles. The molecule has 10 heteroatoms. The van der Waals surface area contributed by atoms with Crippen molar-refractivity contribution in [1.82, 2.24) is 10.2 Å². The molecule has 0 bridgehead atoms. The van der Waals surface area contributed by atoms with E-state index < -0.39 is 12.1 Å². The van der Waals surface area contributed by atoms with Crippen molar-refractivity contribution in [3.63, 3.8) is 0 Å². The standard InChI is InChI=1S/C18H16Cl3N3O4/c1-8(2)11-7-14(23-24-16(11)21)27-15-12(19)5-10(6-13(15)20)22-18(26)28-17(25)9-3-4-9/h5-9H,3-4H2,1-2H3,(H,22,26). The first-order valence-electron chi connectivity index (χ1n) is 8.47. The van der Waals surface area contributed by atoms with Gasteiger partial charge >= 0.3 is 12.1 Å². The number of halogens is 3. The molecule has 2 aromatic rings. The van der Waals surface area contributed by atoms with Crippen LogP contribution in [0.15, 0.2) is 18.2 Å². The lowest BCUT2D eigenvalue weighted by molar-refractivity contribution is -0.138. The summed E-state index contributed by atoms with van der Waals surface area (Å²) in [6, 6.07) is 4.48. The monoisotopic (exact) mass is 443 g/mol. The van der Waals surface area contributed by atoms with Crippen LogP contribution in [-0.2, 0) is 9.53 Å². The number of anilines is 1. The number of carbonyl (C=O) groups excluding carboxylic acids is 2. The Hall–Kier alpha value is -2.09. The number of aromatic nitrogens is 2. The molecule has 0 atom stereocenters. The highest BCUT2D eigenvalue weighted by atomic mass is 35.5. The van der Waals surface area contributed by atoms with Gasteiger partial charge in [-0.3, -0.25) is 10.1 Å². The van der Waals surface area contributed by atoms with Gasteiger partial charge in [-0.2, -0.15) is 0 Å². The largest absolute Gasteiger partial charge is 0.434 e. The second-order valence-electron chi connectivity index (χ2n) is 6.56. The molecule has 1 aromatic carbocycles. The highest BCUT2D eigenvalue weighted by molar-refractivity contribution is 6.37. The molecule has 148 valence electrons. The molecule has 0 aliphatic heterocycles. The Morgan fingerprint density at radius 1 is 1.11 bits per heavy atom. The van der Waals surface area contributed by atoms with E-state index in [1.807, 2.05) is 13.8 Å². The fourth-order valence-electron chi connectivity index (χ4n) is 2.30. The third-order valence-corrected chi connectivity index (χ3v) is 4.79. The van der Waals surface area contributed by atoms with Gasteiger partial charge in [0.2, 0.25) is 5.88 Å². The fourth-order valence-corrected chi connectivity index (χ4v) is 3.17. The number of hydrogen-bond acceptors (Lipinski definition) is 6. The van der Waals surface area contributed by atoms with Crippen LogP contribution < -0.4 is 10.1 Å². The van der Waals surface area contributed by atoms with Crippen molar-refractivity contribution in [2.24, 2.45) is 5.92 Å². The number of nitrogens with zero attached hydrogens (tertiary/aromatic N) is 2. The van der Waals surface area contributed by atoms with Crippen molar-refractivity contribution in [3.05, 3.63) is 39.0 Å². The summed E-state index contributed by atoms with van der Waals surface area (Å²) in [6.45, 7) is 3.92. The van der Waals surface area contributed by atoms with Crippen molar-refractivity contribution in [2.75, 3.05) is 5.32 Å². The van der Waals surface area contributed by atoms with Gasteiger partial charge < -0.3 is 9.47 Å². The maximum absolute atomic E-state index is 11.8. The highest BCUT2D eigenvalue weighted by Crippen LogP contribution is 2.39. The molecule has 0 unspecified atom stereocenters. The van der Waals surface area contributed by atoms with Gasteiger partial charge in [-0.1, -0.05) is 48.7 Å². The van der Waals surface area contributed by atoms with Gasteiger partial charge in [0.05, 0.1) is 16.0 Å². The van der Waals surface area contributed by atoms with Gasteiger partial charge in [-0.25, -0.2) is 4.79 Å². The molecule has 1 aliphatic rings. The third-order valence-electron chi connectivity index (χ3n) is 3.93. The van der Waals surface area contributed by atoms with Gasteiger partial charge in [0.1, 0.15) is 0 Å². The van der Waals surface area contributed by atoms with E-state index in [9.17, 15) is 9.59 Å². The molecule has 0 saturated heterocycles. The first kappa shape index (κ1) is 20.6. The Morgan fingerprint density at radius 2 is 1.75 bits per heavy atom. The summed E-state index contributed by atoms with van der Waals surface area (Å²) in [5, 5.41) is 10.7. The SMILES string of the molecule is CC(C)c1cc(Oc2c(Cl)cc(NC(=O)OC(=O)C3CC3)cc2Cl)nnc1Cl.